The molecule has 0 spiro atoms. The SMILES string of the molecule is CCCC1(C(=O)O)CCN(C(=O)c2ccc(F)cc2)CC1. The van der Waals surface area contributed by atoms with E-state index in [9.17, 15) is 19.1 Å². The summed E-state index contributed by atoms with van der Waals surface area (Å²) in [6.45, 7) is 2.84. The highest BCUT2D eigenvalue weighted by molar-refractivity contribution is 5.94. The van der Waals surface area contributed by atoms with Crippen LogP contribution in [-0.2, 0) is 4.79 Å². The van der Waals surface area contributed by atoms with Gasteiger partial charge in [-0.15, -0.1) is 0 Å². The summed E-state index contributed by atoms with van der Waals surface area (Å²) in [5.41, 5.74) is -0.261. The first-order valence-electron chi connectivity index (χ1n) is 7.27. The Balaban J connectivity index is 2.04. The molecule has 1 saturated heterocycles. The molecular weight excluding hydrogens is 273 g/mol. The zero-order valence-corrected chi connectivity index (χ0v) is 12.1. The molecule has 0 atom stereocenters. The van der Waals surface area contributed by atoms with E-state index in [-0.39, 0.29) is 11.7 Å². The van der Waals surface area contributed by atoms with E-state index in [0.29, 0.717) is 37.9 Å². The van der Waals surface area contributed by atoms with Crippen LogP contribution in [-0.4, -0.2) is 35.0 Å². The van der Waals surface area contributed by atoms with Crippen molar-refractivity contribution in [3.63, 3.8) is 0 Å². The fourth-order valence-electron chi connectivity index (χ4n) is 2.96. The highest BCUT2D eigenvalue weighted by Crippen LogP contribution is 2.36. The number of hydrogen-bond donors (Lipinski definition) is 1. The third-order valence-electron chi connectivity index (χ3n) is 4.28. The lowest BCUT2D eigenvalue weighted by molar-refractivity contribution is -0.152. The minimum atomic E-state index is -0.766. The number of nitrogens with zero attached hydrogens (tertiary/aromatic N) is 1. The zero-order valence-electron chi connectivity index (χ0n) is 12.1. The number of carboxylic acid groups (broad SMARTS) is 1. The number of piperidine rings is 1. The quantitative estimate of drug-likeness (QED) is 0.928. The number of likely N-dealkylation sites (tertiary alicyclic amines) is 1. The molecule has 1 amide bonds. The van der Waals surface area contributed by atoms with Gasteiger partial charge in [0.25, 0.3) is 5.91 Å². The van der Waals surface area contributed by atoms with Crippen molar-refractivity contribution in [1.82, 2.24) is 4.90 Å². The van der Waals surface area contributed by atoms with Crippen LogP contribution in [0.15, 0.2) is 24.3 Å². The lowest BCUT2D eigenvalue weighted by Crippen LogP contribution is -2.46. The van der Waals surface area contributed by atoms with Crippen LogP contribution in [0.1, 0.15) is 43.0 Å². The van der Waals surface area contributed by atoms with E-state index < -0.39 is 11.4 Å². The summed E-state index contributed by atoms with van der Waals surface area (Å²) >= 11 is 0. The van der Waals surface area contributed by atoms with Crippen LogP contribution in [0.3, 0.4) is 0 Å². The van der Waals surface area contributed by atoms with Crippen molar-refractivity contribution in [2.45, 2.75) is 32.6 Å². The van der Waals surface area contributed by atoms with Crippen LogP contribution >= 0.6 is 0 Å². The summed E-state index contributed by atoms with van der Waals surface area (Å²) in [5.74, 6) is -1.30. The van der Waals surface area contributed by atoms with Gasteiger partial charge in [-0.25, -0.2) is 4.39 Å². The molecule has 1 fully saturated rings. The monoisotopic (exact) mass is 293 g/mol. The summed E-state index contributed by atoms with van der Waals surface area (Å²) < 4.78 is 12.9. The molecule has 1 aliphatic heterocycles. The Morgan fingerprint density at radius 1 is 1.24 bits per heavy atom. The molecular formula is C16H20FNO3. The van der Waals surface area contributed by atoms with Crippen molar-refractivity contribution in [3.8, 4) is 0 Å². The second kappa shape index (κ2) is 6.24. The zero-order chi connectivity index (χ0) is 15.5. The van der Waals surface area contributed by atoms with Crippen molar-refractivity contribution >= 4 is 11.9 Å². The van der Waals surface area contributed by atoms with Gasteiger partial charge in [-0.05, 0) is 43.5 Å². The number of amides is 1. The smallest absolute Gasteiger partial charge is 0.309 e. The first-order chi connectivity index (χ1) is 9.98. The second-order valence-corrected chi connectivity index (χ2v) is 5.63. The Morgan fingerprint density at radius 3 is 2.29 bits per heavy atom. The van der Waals surface area contributed by atoms with E-state index >= 15 is 0 Å². The van der Waals surface area contributed by atoms with Crippen LogP contribution < -0.4 is 0 Å². The lowest BCUT2D eigenvalue weighted by Gasteiger charge is -2.38. The number of carboxylic acids is 1. The van der Waals surface area contributed by atoms with E-state index in [1.807, 2.05) is 6.92 Å². The highest BCUT2D eigenvalue weighted by Gasteiger charge is 2.41. The van der Waals surface area contributed by atoms with Crippen LogP contribution in [0.4, 0.5) is 4.39 Å². The maximum absolute atomic E-state index is 12.9. The fourth-order valence-corrected chi connectivity index (χ4v) is 2.96. The minimum absolute atomic E-state index is 0.162. The third-order valence-corrected chi connectivity index (χ3v) is 4.28. The molecule has 5 heteroatoms. The molecule has 0 bridgehead atoms. The number of rotatable bonds is 4. The minimum Gasteiger partial charge on any atom is -0.481 e. The molecule has 0 aliphatic carbocycles. The Bertz CT molecular complexity index is 519. The Labute approximate surface area is 123 Å². The van der Waals surface area contributed by atoms with Gasteiger partial charge in [0.15, 0.2) is 0 Å². The molecule has 114 valence electrons. The summed E-state index contributed by atoms with van der Waals surface area (Å²) in [7, 11) is 0. The Hall–Kier alpha value is -1.91. The van der Waals surface area contributed by atoms with Gasteiger partial charge in [0.2, 0.25) is 0 Å². The summed E-state index contributed by atoms with van der Waals surface area (Å²) in [4.78, 5) is 25.5. The van der Waals surface area contributed by atoms with Gasteiger partial charge < -0.3 is 10.0 Å². The van der Waals surface area contributed by atoms with E-state index in [2.05, 4.69) is 0 Å². The van der Waals surface area contributed by atoms with Crippen LogP contribution in [0.2, 0.25) is 0 Å². The van der Waals surface area contributed by atoms with Gasteiger partial charge in [-0.2, -0.15) is 0 Å². The third kappa shape index (κ3) is 3.23. The Kier molecular flexibility index (Phi) is 4.60. The van der Waals surface area contributed by atoms with E-state index in [4.69, 9.17) is 0 Å². The summed E-state index contributed by atoms with van der Waals surface area (Å²) in [6, 6.07) is 5.44. The van der Waals surface area contributed by atoms with Crippen molar-refractivity contribution in [2.75, 3.05) is 13.1 Å². The Morgan fingerprint density at radius 2 is 1.81 bits per heavy atom. The van der Waals surface area contributed by atoms with Crippen molar-refractivity contribution < 1.29 is 19.1 Å². The second-order valence-electron chi connectivity index (χ2n) is 5.63. The normalized spacial score (nSPS) is 17.5. The van der Waals surface area contributed by atoms with Crippen molar-refractivity contribution in [3.05, 3.63) is 35.6 Å². The molecule has 1 heterocycles. The number of aliphatic carboxylic acids is 1. The fraction of sp³-hybridized carbons (Fsp3) is 0.500. The molecule has 1 N–H and O–H groups in total. The molecule has 0 saturated carbocycles. The lowest BCUT2D eigenvalue weighted by atomic mass is 9.75. The van der Waals surface area contributed by atoms with Crippen LogP contribution in [0.5, 0.6) is 0 Å². The number of carbonyl (C=O) groups excluding carboxylic acids is 1. The van der Waals surface area contributed by atoms with E-state index in [0.717, 1.165) is 6.42 Å². The van der Waals surface area contributed by atoms with E-state index in [1.54, 1.807) is 4.90 Å². The van der Waals surface area contributed by atoms with Gasteiger partial charge >= 0.3 is 5.97 Å². The first kappa shape index (κ1) is 15.5. The van der Waals surface area contributed by atoms with Gasteiger partial charge in [-0.1, -0.05) is 13.3 Å². The van der Waals surface area contributed by atoms with Crippen LogP contribution in [0, 0.1) is 11.2 Å². The van der Waals surface area contributed by atoms with Crippen LogP contribution in [0.25, 0.3) is 0 Å². The number of benzene rings is 1. The van der Waals surface area contributed by atoms with Crippen molar-refractivity contribution in [2.24, 2.45) is 5.41 Å². The molecule has 21 heavy (non-hydrogen) atoms. The average molecular weight is 293 g/mol. The molecule has 1 aromatic carbocycles. The first-order valence-corrected chi connectivity index (χ1v) is 7.27. The number of carbonyl (C=O) groups is 2. The number of halogens is 1. The summed E-state index contributed by atoms with van der Waals surface area (Å²) in [5, 5.41) is 9.45. The molecule has 0 unspecified atom stereocenters. The largest absolute Gasteiger partial charge is 0.481 e. The maximum Gasteiger partial charge on any atom is 0.309 e. The predicted octanol–water partition coefficient (Wildman–Crippen LogP) is 2.93. The molecule has 1 aromatic rings. The molecule has 0 aromatic heterocycles. The molecule has 4 nitrogen and oxygen atoms in total. The van der Waals surface area contributed by atoms with Gasteiger partial charge in [0.05, 0.1) is 5.41 Å². The topological polar surface area (TPSA) is 57.6 Å². The predicted molar refractivity (Wildman–Crippen MR) is 76.5 cm³/mol. The average Bonchev–Trinajstić information content (AvgIpc) is 2.48. The highest BCUT2D eigenvalue weighted by atomic mass is 19.1. The van der Waals surface area contributed by atoms with Gasteiger partial charge in [0, 0.05) is 18.7 Å². The van der Waals surface area contributed by atoms with Gasteiger partial charge in [0.1, 0.15) is 5.82 Å². The summed E-state index contributed by atoms with van der Waals surface area (Å²) in [6.07, 6.45) is 2.41. The molecule has 2 rings (SSSR count). The molecule has 1 aliphatic rings. The standard InChI is InChI=1S/C16H20FNO3/c1-2-7-16(15(20)21)8-10-18(11-9-16)14(19)12-3-5-13(17)6-4-12/h3-6H,2,7-11H2,1H3,(H,20,21). The van der Waals surface area contributed by atoms with Gasteiger partial charge in [-0.3, -0.25) is 9.59 Å². The van der Waals surface area contributed by atoms with Crippen molar-refractivity contribution in [1.29, 1.82) is 0 Å². The maximum atomic E-state index is 12.9. The molecule has 0 radical (unpaired) electrons. The number of hydrogen-bond acceptors (Lipinski definition) is 2. The van der Waals surface area contributed by atoms with E-state index in [1.165, 1.54) is 24.3 Å².